The molecule has 116 valence electrons. The van der Waals surface area contributed by atoms with Crippen molar-refractivity contribution in [3.8, 4) is 10.6 Å². The van der Waals surface area contributed by atoms with Crippen LogP contribution in [0.4, 0.5) is 11.5 Å². The molecular weight excluding hydrogens is 322 g/mol. The fourth-order valence-corrected chi connectivity index (χ4v) is 3.57. The maximum atomic E-state index is 9.89. The number of nitrogens with zero attached hydrogens (tertiary/aromatic N) is 2. The number of anilines is 2. The second-order valence-electron chi connectivity index (χ2n) is 5.65. The lowest BCUT2D eigenvalue weighted by Gasteiger charge is -2.19. The van der Waals surface area contributed by atoms with Crippen molar-refractivity contribution in [3.63, 3.8) is 0 Å². The Bertz CT molecular complexity index is 807. The minimum absolute atomic E-state index is 0.376. The highest BCUT2D eigenvalue weighted by Gasteiger charge is 2.19. The van der Waals surface area contributed by atoms with Crippen LogP contribution in [0.25, 0.3) is 20.8 Å². The van der Waals surface area contributed by atoms with Crippen molar-refractivity contribution in [3.05, 3.63) is 23.4 Å². The molecule has 8 heteroatoms. The first-order valence-corrected chi connectivity index (χ1v) is 7.89. The number of aromatic amines is 1. The number of H-pyrrole nitrogens is 1. The SMILES string of the molecule is CC(C)(O)CNc1cc(N)nc2c(Cl)c(-c3ccn[nH]3)sc12. The zero-order chi connectivity index (χ0) is 15.9. The number of rotatable bonds is 4. The fourth-order valence-electron chi connectivity index (χ4n) is 2.06. The number of fused-ring (bicyclic) bond motifs is 1. The largest absolute Gasteiger partial charge is 0.389 e. The second kappa shape index (κ2) is 5.42. The van der Waals surface area contributed by atoms with E-state index >= 15 is 0 Å². The van der Waals surface area contributed by atoms with E-state index in [1.807, 2.05) is 6.07 Å². The van der Waals surface area contributed by atoms with Gasteiger partial charge in [-0.1, -0.05) is 11.6 Å². The Labute approximate surface area is 136 Å². The molecule has 3 aromatic heterocycles. The number of hydrogen-bond donors (Lipinski definition) is 4. The molecule has 0 atom stereocenters. The zero-order valence-corrected chi connectivity index (χ0v) is 13.7. The van der Waals surface area contributed by atoms with Crippen LogP contribution in [0, 0.1) is 0 Å². The topological polar surface area (TPSA) is 99.8 Å². The molecule has 3 aromatic rings. The lowest BCUT2D eigenvalue weighted by molar-refractivity contribution is 0.0945. The molecule has 0 unspecified atom stereocenters. The van der Waals surface area contributed by atoms with E-state index < -0.39 is 5.60 Å². The summed E-state index contributed by atoms with van der Waals surface area (Å²) in [6, 6.07) is 3.60. The van der Waals surface area contributed by atoms with Crippen LogP contribution < -0.4 is 11.1 Å². The summed E-state index contributed by atoms with van der Waals surface area (Å²) in [6.07, 6.45) is 1.67. The maximum Gasteiger partial charge on any atom is 0.126 e. The van der Waals surface area contributed by atoms with Gasteiger partial charge in [-0.05, 0) is 19.9 Å². The van der Waals surface area contributed by atoms with Gasteiger partial charge in [-0.2, -0.15) is 5.10 Å². The van der Waals surface area contributed by atoms with Gasteiger partial charge in [0.2, 0.25) is 0 Å². The highest BCUT2D eigenvalue weighted by Crippen LogP contribution is 2.43. The molecule has 0 aliphatic rings. The smallest absolute Gasteiger partial charge is 0.126 e. The van der Waals surface area contributed by atoms with Crippen LogP contribution in [0.15, 0.2) is 18.3 Å². The van der Waals surface area contributed by atoms with Gasteiger partial charge in [0.05, 0.1) is 31.6 Å². The van der Waals surface area contributed by atoms with Crippen molar-refractivity contribution in [1.29, 1.82) is 0 Å². The molecule has 0 saturated carbocycles. The first kappa shape index (κ1) is 15.1. The molecule has 3 heterocycles. The number of halogens is 1. The van der Waals surface area contributed by atoms with E-state index in [0.717, 1.165) is 21.0 Å². The van der Waals surface area contributed by atoms with Crippen LogP contribution in [0.3, 0.4) is 0 Å². The summed E-state index contributed by atoms with van der Waals surface area (Å²) in [4.78, 5) is 5.19. The van der Waals surface area contributed by atoms with E-state index in [1.165, 1.54) is 11.3 Å². The molecule has 0 aliphatic heterocycles. The van der Waals surface area contributed by atoms with Gasteiger partial charge in [0, 0.05) is 18.8 Å². The Kier molecular flexibility index (Phi) is 3.72. The molecule has 6 nitrogen and oxygen atoms in total. The average Bonchev–Trinajstić information content (AvgIpc) is 3.04. The van der Waals surface area contributed by atoms with Gasteiger partial charge in [0.15, 0.2) is 0 Å². The van der Waals surface area contributed by atoms with E-state index in [1.54, 1.807) is 26.1 Å². The lowest BCUT2D eigenvalue weighted by Crippen LogP contribution is -2.29. The first-order valence-electron chi connectivity index (χ1n) is 6.69. The molecule has 0 saturated heterocycles. The predicted octanol–water partition coefficient (Wildman–Crippen LogP) is 3.10. The third-order valence-electron chi connectivity index (χ3n) is 3.06. The van der Waals surface area contributed by atoms with Crippen LogP contribution >= 0.6 is 22.9 Å². The number of aromatic nitrogens is 3. The average molecular weight is 338 g/mol. The van der Waals surface area contributed by atoms with Gasteiger partial charge < -0.3 is 16.2 Å². The Morgan fingerprint density at radius 3 is 2.91 bits per heavy atom. The number of nitrogen functional groups attached to an aromatic ring is 1. The molecule has 5 N–H and O–H groups in total. The second-order valence-corrected chi connectivity index (χ2v) is 7.05. The molecule has 0 amide bonds. The molecule has 0 spiro atoms. The van der Waals surface area contributed by atoms with E-state index in [4.69, 9.17) is 17.3 Å². The van der Waals surface area contributed by atoms with Crippen LogP contribution in [-0.4, -0.2) is 32.4 Å². The van der Waals surface area contributed by atoms with Crippen molar-refractivity contribution in [1.82, 2.24) is 15.2 Å². The highest BCUT2D eigenvalue weighted by molar-refractivity contribution is 7.23. The van der Waals surface area contributed by atoms with Gasteiger partial charge in [0.1, 0.15) is 11.3 Å². The third kappa shape index (κ3) is 2.87. The van der Waals surface area contributed by atoms with Gasteiger partial charge >= 0.3 is 0 Å². The van der Waals surface area contributed by atoms with Crippen LogP contribution in [-0.2, 0) is 0 Å². The summed E-state index contributed by atoms with van der Waals surface area (Å²) in [5.74, 6) is 0.376. The number of hydrogen-bond acceptors (Lipinski definition) is 6. The summed E-state index contributed by atoms with van der Waals surface area (Å²) in [7, 11) is 0. The summed E-state index contributed by atoms with van der Waals surface area (Å²) in [6.45, 7) is 3.86. The van der Waals surface area contributed by atoms with Crippen molar-refractivity contribution >= 4 is 44.7 Å². The lowest BCUT2D eigenvalue weighted by atomic mass is 10.1. The number of aliphatic hydroxyl groups is 1. The minimum Gasteiger partial charge on any atom is -0.389 e. The molecule has 0 aliphatic carbocycles. The van der Waals surface area contributed by atoms with Crippen molar-refractivity contribution in [2.24, 2.45) is 0 Å². The van der Waals surface area contributed by atoms with Crippen LogP contribution in [0.5, 0.6) is 0 Å². The number of pyridine rings is 1. The zero-order valence-electron chi connectivity index (χ0n) is 12.1. The van der Waals surface area contributed by atoms with Gasteiger partial charge in [0.25, 0.3) is 0 Å². The predicted molar refractivity (Wildman–Crippen MR) is 91.4 cm³/mol. The number of nitrogens with one attached hydrogen (secondary N) is 2. The Hall–Kier alpha value is -1.83. The van der Waals surface area contributed by atoms with Crippen molar-refractivity contribution in [2.45, 2.75) is 19.4 Å². The van der Waals surface area contributed by atoms with E-state index in [0.29, 0.717) is 22.9 Å². The van der Waals surface area contributed by atoms with Gasteiger partial charge in [-0.3, -0.25) is 5.10 Å². The molecule has 0 bridgehead atoms. The molecule has 3 rings (SSSR count). The maximum absolute atomic E-state index is 9.89. The summed E-state index contributed by atoms with van der Waals surface area (Å²) in [5, 5.41) is 20.5. The van der Waals surface area contributed by atoms with Crippen LogP contribution in [0.1, 0.15) is 13.8 Å². The minimum atomic E-state index is -0.836. The standard InChI is InChI=1S/C14H16ClN5OS/c1-14(2,21)6-17-8-5-9(16)19-11-10(15)12(22-13(8)11)7-3-4-18-20-7/h3-5,21H,6H2,1-2H3,(H,18,20)(H3,16,17,19). The van der Waals surface area contributed by atoms with Gasteiger partial charge in [-0.25, -0.2) is 4.98 Å². The number of thiophene rings is 1. The quantitative estimate of drug-likeness (QED) is 0.586. The summed E-state index contributed by atoms with van der Waals surface area (Å²) in [5.41, 5.74) is 7.33. The highest BCUT2D eigenvalue weighted by atomic mass is 35.5. The third-order valence-corrected chi connectivity index (χ3v) is 4.79. The molecule has 22 heavy (non-hydrogen) atoms. The Morgan fingerprint density at radius 2 is 2.27 bits per heavy atom. The molecule has 0 aromatic carbocycles. The Balaban J connectivity index is 2.11. The molecule has 0 radical (unpaired) electrons. The summed E-state index contributed by atoms with van der Waals surface area (Å²) >= 11 is 7.95. The van der Waals surface area contributed by atoms with Crippen molar-refractivity contribution < 1.29 is 5.11 Å². The molecular formula is C14H16ClN5OS. The fraction of sp³-hybridized carbons (Fsp3) is 0.286. The van der Waals surface area contributed by atoms with Crippen LogP contribution in [0.2, 0.25) is 5.02 Å². The van der Waals surface area contributed by atoms with E-state index in [2.05, 4.69) is 20.5 Å². The number of nitrogens with two attached hydrogens (primary N) is 1. The normalized spacial score (nSPS) is 12.0. The van der Waals surface area contributed by atoms with E-state index in [-0.39, 0.29) is 0 Å². The molecule has 0 fully saturated rings. The van der Waals surface area contributed by atoms with Gasteiger partial charge in [-0.15, -0.1) is 11.3 Å². The monoisotopic (exact) mass is 337 g/mol. The van der Waals surface area contributed by atoms with Crippen molar-refractivity contribution in [2.75, 3.05) is 17.6 Å². The Morgan fingerprint density at radius 1 is 1.50 bits per heavy atom. The first-order chi connectivity index (χ1) is 10.3. The van der Waals surface area contributed by atoms with E-state index in [9.17, 15) is 5.11 Å². The summed E-state index contributed by atoms with van der Waals surface area (Å²) < 4.78 is 0.896.